The predicted molar refractivity (Wildman–Crippen MR) is 66.9 cm³/mol. The predicted octanol–water partition coefficient (Wildman–Crippen LogP) is 1.67. The molecule has 1 saturated carbocycles. The molecule has 1 aliphatic rings. The van der Waals surface area contributed by atoms with Gasteiger partial charge in [-0.05, 0) is 30.9 Å². The minimum atomic E-state index is -0.892. The Labute approximate surface area is 107 Å². The monoisotopic (exact) mass is 250 g/mol. The summed E-state index contributed by atoms with van der Waals surface area (Å²) in [6.07, 6.45) is 0.969. The molecule has 98 valence electrons. The molecule has 0 spiro atoms. The third kappa shape index (κ3) is 3.09. The molecule has 1 aromatic carbocycles. The molecule has 1 aromatic rings. The first-order valence-corrected chi connectivity index (χ1v) is 6.17. The molecule has 0 bridgehead atoms. The number of aliphatic hydroxyl groups is 1. The van der Waals surface area contributed by atoms with Crippen LogP contribution in [-0.2, 0) is 4.74 Å². The van der Waals surface area contributed by atoms with Gasteiger partial charge in [-0.2, -0.15) is 0 Å². The van der Waals surface area contributed by atoms with E-state index in [1.165, 1.54) is 0 Å². The number of para-hydroxylation sites is 1. The molecule has 1 unspecified atom stereocenters. The van der Waals surface area contributed by atoms with E-state index in [0.29, 0.717) is 24.5 Å². The second-order valence-corrected chi connectivity index (χ2v) is 4.48. The molecule has 1 aliphatic carbocycles. The summed E-state index contributed by atoms with van der Waals surface area (Å²) in [4.78, 5) is 12.1. The maximum atomic E-state index is 12.1. The van der Waals surface area contributed by atoms with E-state index in [1.807, 2.05) is 6.07 Å². The van der Waals surface area contributed by atoms with Crippen molar-refractivity contribution in [1.82, 2.24) is 0 Å². The second kappa shape index (κ2) is 5.98. The highest BCUT2D eigenvalue weighted by atomic mass is 16.5. The van der Waals surface area contributed by atoms with Gasteiger partial charge in [0.15, 0.2) is 5.78 Å². The molecular weight excluding hydrogens is 232 g/mol. The molecule has 4 heteroatoms. The Bertz CT molecular complexity index is 412. The number of hydrogen-bond donors (Lipinski definition) is 1. The number of carbonyl (C=O) groups excluding carboxylic acids is 1. The smallest absolute Gasteiger partial charge is 0.195 e. The normalized spacial score (nSPS) is 16.3. The van der Waals surface area contributed by atoms with E-state index >= 15 is 0 Å². The van der Waals surface area contributed by atoms with Gasteiger partial charge < -0.3 is 14.6 Å². The minimum absolute atomic E-state index is 0.129. The molecular formula is C14H18O4. The van der Waals surface area contributed by atoms with Gasteiger partial charge in [0.05, 0.1) is 12.2 Å². The lowest BCUT2D eigenvalue weighted by Crippen LogP contribution is -2.23. The van der Waals surface area contributed by atoms with Crippen LogP contribution in [0.15, 0.2) is 24.3 Å². The summed E-state index contributed by atoms with van der Waals surface area (Å²) in [7, 11) is 1.59. The molecule has 0 amide bonds. The van der Waals surface area contributed by atoms with Gasteiger partial charge in [0.2, 0.25) is 0 Å². The van der Waals surface area contributed by atoms with Gasteiger partial charge in [-0.15, -0.1) is 0 Å². The van der Waals surface area contributed by atoms with Gasteiger partial charge in [0.25, 0.3) is 0 Å². The fourth-order valence-corrected chi connectivity index (χ4v) is 1.82. The highest BCUT2D eigenvalue weighted by molar-refractivity contribution is 6.02. The Hall–Kier alpha value is -1.39. The highest BCUT2D eigenvalue weighted by Crippen LogP contribution is 2.35. The van der Waals surface area contributed by atoms with E-state index < -0.39 is 6.10 Å². The molecule has 0 radical (unpaired) electrons. The van der Waals surface area contributed by atoms with Crippen molar-refractivity contribution in [3.05, 3.63) is 29.8 Å². The molecule has 4 nitrogen and oxygen atoms in total. The Morgan fingerprint density at radius 1 is 1.39 bits per heavy atom. The van der Waals surface area contributed by atoms with Gasteiger partial charge in [-0.1, -0.05) is 12.1 Å². The topological polar surface area (TPSA) is 55.8 Å². The van der Waals surface area contributed by atoms with Crippen molar-refractivity contribution in [2.75, 3.05) is 20.3 Å². The van der Waals surface area contributed by atoms with Gasteiger partial charge >= 0.3 is 0 Å². The van der Waals surface area contributed by atoms with Gasteiger partial charge in [0, 0.05) is 7.11 Å². The lowest BCUT2D eigenvalue weighted by molar-refractivity contribution is 0.0697. The molecule has 0 aromatic heterocycles. The van der Waals surface area contributed by atoms with Crippen LogP contribution in [0.1, 0.15) is 23.2 Å². The summed E-state index contributed by atoms with van der Waals surface area (Å²) in [6.45, 7) is 0.855. The molecule has 18 heavy (non-hydrogen) atoms. The lowest BCUT2D eigenvalue weighted by atomic mass is 10.0. The van der Waals surface area contributed by atoms with Crippen LogP contribution in [0, 0.1) is 5.92 Å². The Balaban J connectivity index is 2.08. The van der Waals surface area contributed by atoms with Gasteiger partial charge in [-0.3, -0.25) is 4.79 Å². The van der Waals surface area contributed by atoms with Crippen LogP contribution in [0.3, 0.4) is 0 Å². The number of rotatable bonds is 7. The first kappa shape index (κ1) is 13.1. The highest BCUT2D eigenvalue weighted by Gasteiger charge is 2.35. The number of Topliss-reactive ketones (excluding diaryl/α,β-unsaturated/α-hetero) is 1. The van der Waals surface area contributed by atoms with Crippen molar-refractivity contribution in [2.45, 2.75) is 18.9 Å². The Morgan fingerprint density at radius 3 is 2.78 bits per heavy atom. The zero-order chi connectivity index (χ0) is 13.0. The van der Waals surface area contributed by atoms with Crippen molar-refractivity contribution in [2.24, 2.45) is 5.92 Å². The molecule has 1 N–H and O–H groups in total. The molecule has 1 atom stereocenters. The first-order chi connectivity index (χ1) is 8.74. The standard InChI is InChI=1S/C14H18O4/c1-17-8-9-18-12-5-3-2-4-11(12)14(16)13(15)10-6-7-10/h2-5,10,13,15H,6-9H2,1H3. The third-order valence-corrected chi connectivity index (χ3v) is 3.03. The number of ketones is 1. The molecule has 0 aliphatic heterocycles. The van der Waals surface area contributed by atoms with E-state index in [4.69, 9.17) is 9.47 Å². The Morgan fingerprint density at radius 2 is 2.11 bits per heavy atom. The SMILES string of the molecule is COCCOc1ccccc1C(=O)C(O)C1CC1. The quantitative estimate of drug-likeness (QED) is 0.590. The summed E-state index contributed by atoms with van der Waals surface area (Å²) in [5.41, 5.74) is 0.452. The van der Waals surface area contributed by atoms with Crippen LogP contribution in [0.25, 0.3) is 0 Å². The average Bonchev–Trinajstić information content (AvgIpc) is 3.22. The van der Waals surface area contributed by atoms with Crippen LogP contribution in [0.4, 0.5) is 0 Å². The molecule has 0 saturated heterocycles. The summed E-state index contributed by atoms with van der Waals surface area (Å²) in [6, 6.07) is 7.01. The maximum Gasteiger partial charge on any atom is 0.195 e. The van der Waals surface area contributed by atoms with E-state index in [0.717, 1.165) is 12.8 Å². The molecule has 2 rings (SSSR count). The summed E-state index contributed by atoms with van der Waals surface area (Å²) >= 11 is 0. The van der Waals surface area contributed by atoms with Crippen molar-refractivity contribution < 1.29 is 19.4 Å². The van der Waals surface area contributed by atoms with Gasteiger partial charge in [-0.25, -0.2) is 0 Å². The number of carbonyl (C=O) groups is 1. The second-order valence-electron chi connectivity index (χ2n) is 4.48. The van der Waals surface area contributed by atoms with Crippen molar-refractivity contribution in [1.29, 1.82) is 0 Å². The van der Waals surface area contributed by atoms with Gasteiger partial charge in [0.1, 0.15) is 18.5 Å². The van der Waals surface area contributed by atoms with Crippen LogP contribution in [-0.4, -0.2) is 37.3 Å². The van der Waals surface area contributed by atoms with E-state index in [-0.39, 0.29) is 11.7 Å². The van der Waals surface area contributed by atoms with Crippen molar-refractivity contribution in [3.63, 3.8) is 0 Å². The average molecular weight is 250 g/mol. The van der Waals surface area contributed by atoms with Crippen LogP contribution < -0.4 is 4.74 Å². The third-order valence-electron chi connectivity index (χ3n) is 3.03. The van der Waals surface area contributed by atoms with Crippen LogP contribution in [0.5, 0.6) is 5.75 Å². The summed E-state index contributed by atoms with van der Waals surface area (Å²) < 4.78 is 10.4. The largest absolute Gasteiger partial charge is 0.490 e. The number of methoxy groups -OCH3 is 1. The van der Waals surface area contributed by atoms with Crippen molar-refractivity contribution in [3.8, 4) is 5.75 Å². The fraction of sp³-hybridized carbons (Fsp3) is 0.500. The number of ether oxygens (including phenoxy) is 2. The van der Waals surface area contributed by atoms with Crippen LogP contribution >= 0.6 is 0 Å². The lowest BCUT2D eigenvalue weighted by Gasteiger charge is -2.13. The van der Waals surface area contributed by atoms with Crippen molar-refractivity contribution >= 4 is 5.78 Å². The molecule has 1 fully saturated rings. The zero-order valence-corrected chi connectivity index (χ0v) is 10.5. The molecule has 0 heterocycles. The minimum Gasteiger partial charge on any atom is -0.490 e. The number of benzene rings is 1. The maximum absolute atomic E-state index is 12.1. The summed E-state index contributed by atoms with van der Waals surface area (Å²) in [5.74, 6) is 0.397. The number of aliphatic hydroxyl groups excluding tert-OH is 1. The fourth-order valence-electron chi connectivity index (χ4n) is 1.82. The number of hydrogen-bond acceptors (Lipinski definition) is 4. The Kier molecular flexibility index (Phi) is 4.33. The van der Waals surface area contributed by atoms with E-state index in [1.54, 1.807) is 25.3 Å². The van der Waals surface area contributed by atoms with E-state index in [9.17, 15) is 9.90 Å². The van der Waals surface area contributed by atoms with E-state index in [2.05, 4.69) is 0 Å². The summed E-state index contributed by atoms with van der Waals surface area (Å²) in [5, 5.41) is 9.88. The zero-order valence-electron chi connectivity index (χ0n) is 10.5. The van der Waals surface area contributed by atoms with Crippen LogP contribution in [0.2, 0.25) is 0 Å². The first-order valence-electron chi connectivity index (χ1n) is 6.17.